The average Bonchev–Trinajstić information content (AvgIpc) is 2.57. The van der Waals surface area contributed by atoms with Gasteiger partial charge in [-0.3, -0.25) is 4.79 Å². The Morgan fingerprint density at radius 2 is 1.50 bits per heavy atom. The van der Waals surface area contributed by atoms with E-state index in [4.69, 9.17) is 8.85 Å². The van der Waals surface area contributed by atoms with E-state index in [1.807, 2.05) is 14.0 Å². The molecule has 0 rings (SSSR count). The number of carbonyl (C=O) groups is 1. The van der Waals surface area contributed by atoms with E-state index in [0.717, 1.165) is 37.6 Å². The molecule has 26 heavy (non-hydrogen) atoms. The van der Waals surface area contributed by atoms with Crippen LogP contribution < -0.4 is 0 Å². The van der Waals surface area contributed by atoms with Crippen LogP contribution in [0, 0.1) is 5.92 Å². The fourth-order valence-corrected chi connectivity index (χ4v) is 8.61. The van der Waals surface area contributed by atoms with E-state index in [2.05, 4.69) is 58.1 Å². The number of carbonyl (C=O) groups excluding carboxylic acids is 1. The number of hydrogen-bond acceptors (Lipinski definition) is 4. The van der Waals surface area contributed by atoms with Gasteiger partial charge in [0.25, 0.3) is 14.3 Å². The predicted octanol–water partition coefficient (Wildman–Crippen LogP) is 5.55. The number of nitrogens with zero attached hydrogens (tertiary/aromatic N) is 1. The zero-order chi connectivity index (χ0) is 20.6. The van der Waals surface area contributed by atoms with Gasteiger partial charge in [0, 0.05) is 13.7 Å². The molecule has 0 aromatic carbocycles. The molecule has 0 saturated heterocycles. The lowest BCUT2D eigenvalue weighted by Gasteiger charge is -2.37. The molecule has 156 valence electrons. The van der Waals surface area contributed by atoms with Crippen LogP contribution in [0.2, 0.25) is 56.9 Å². The van der Waals surface area contributed by atoms with E-state index in [-0.39, 0.29) is 11.9 Å². The van der Waals surface area contributed by atoms with Gasteiger partial charge in [-0.1, -0.05) is 47.3 Å². The van der Waals surface area contributed by atoms with Gasteiger partial charge in [0.05, 0.1) is 5.92 Å². The first kappa shape index (κ1) is 26.0. The van der Waals surface area contributed by atoms with Gasteiger partial charge < -0.3 is 13.4 Å². The third-order valence-corrected chi connectivity index (χ3v) is 15.3. The monoisotopic (exact) mass is 419 g/mol. The highest BCUT2D eigenvalue weighted by atomic mass is 28.4. The Hall–Kier alpha value is 0.0406. The van der Waals surface area contributed by atoms with E-state index in [1.165, 1.54) is 6.04 Å². The molecule has 0 aliphatic heterocycles. The molecular formula is C19H45NO3Si3. The molecule has 0 N–H and O–H groups in total. The molecule has 0 bridgehead atoms. The standard InChI is InChI=1S/C19H45NO3Si3/c1-11-26(12-2,13-3)23-19(21)18(4)17-20(24(6,7)8)15-14-16-25(9,10)22-5/h18H,11-17H2,1-10H3. The quantitative estimate of drug-likeness (QED) is 0.367. The van der Waals surface area contributed by atoms with Crippen LogP contribution in [0.25, 0.3) is 0 Å². The summed E-state index contributed by atoms with van der Waals surface area (Å²) >= 11 is 0. The first-order valence-electron chi connectivity index (χ1n) is 10.4. The Balaban J connectivity index is 4.88. The lowest BCUT2D eigenvalue weighted by Crippen LogP contribution is -2.50. The minimum atomic E-state index is -1.86. The van der Waals surface area contributed by atoms with Gasteiger partial charge in [0.15, 0.2) is 8.32 Å². The van der Waals surface area contributed by atoms with Gasteiger partial charge in [-0.05, 0) is 50.2 Å². The Morgan fingerprint density at radius 3 is 1.88 bits per heavy atom. The van der Waals surface area contributed by atoms with Crippen molar-refractivity contribution in [1.29, 1.82) is 0 Å². The summed E-state index contributed by atoms with van der Waals surface area (Å²) in [6, 6.07) is 4.23. The van der Waals surface area contributed by atoms with Crippen molar-refractivity contribution in [3.8, 4) is 0 Å². The molecule has 0 saturated carbocycles. The number of rotatable bonds is 13. The van der Waals surface area contributed by atoms with E-state index in [1.54, 1.807) is 0 Å². The first-order valence-corrected chi connectivity index (χ1v) is 19.5. The van der Waals surface area contributed by atoms with Crippen molar-refractivity contribution in [2.75, 3.05) is 20.2 Å². The second-order valence-corrected chi connectivity index (χ2v) is 23.3. The van der Waals surface area contributed by atoms with Crippen LogP contribution in [0.1, 0.15) is 34.1 Å². The van der Waals surface area contributed by atoms with Crippen LogP contribution in [0.4, 0.5) is 0 Å². The zero-order valence-electron chi connectivity index (χ0n) is 19.2. The number of hydrogen-bond donors (Lipinski definition) is 0. The third-order valence-electron chi connectivity index (χ3n) is 5.85. The molecule has 0 radical (unpaired) electrons. The summed E-state index contributed by atoms with van der Waals surface area (Å²) in [6.07, 6.45) is 1.15. The molecule has 0 amide bonds. The van der Waals surface area contributed by atoms with Gasteiger partial charge in [0.2, 0.25) is 0 Å². The predicted molar refractivity (Wildman–Crippen MR) is 121 cm³/mol. The molecule has 1 unspecified atom stereocenters. The fourth-order valence-electron chi connectivity index (χ4n) is 3.18. The van der Waals surface area contributed by atoms with Crippen molar-refractivity contribution in [1.82, 2.24) is 4.57 Å². The minimum absolute atomic E-state index is 0.0251. The summed E-state index contributed by atoms with van der Waals surface area (Å²) in [5, 5.41) is 0. The highest BCUT2D eigenvalue weighted by molar-refractivity contribution is 6.75. The smallest absolute Gasteiger partial charge is 0.296 e. The van der Waals surface area contributed by atoms with Crippen LogP contribution in [0.3, 0.4) is 0 Å². The van der Waals surface area contributed by atoms with Crippen LogP contribution in [-0.4, -0.2) is 55.6 Å². The molecule has 0 aliphatic carbocycles. The van der Waals surface area contributed by atoms with Crippen LogP contribution in [-0.2, 0) is 13.6 Å². The minimum Gasteiger partial charge on any atom is -0.519 e. The summed E-state index contributed by atoms with van der Waals surface area (Å²) in [5.74, 6) is -0.0250. The lowest BCUT2D eigenvalue weighted by atomic mass is 10.2. The van der Waals surface area contributed by atoms with E-state index < -0.39 is 24.9 Å². The maximum atomic E-state index is 12.8. The van der Waals surface area contributed by atoms with Gasteiger partial charge in [-0.25, -0.2) is 0 Å². The second kappa shape index (κ2) is 11.1. The van der Waals surface area contributed by atoms with Gasteiger partial charge in [0.1, 0.15) is 8.24 Å². The van der Waals surface area contributed by atoms with E-state index in [0.29, 0.717) is 0 Å². The summed E-state index contributed by atoms with van der Waals surface area (Å²) in [7, 11) is -3.01. The van der Waals surface area contributed by atoms with Crippen molar-refractivity contribution in [2.24, 2.45) is 5.92 Å². The van der Waals surface area contributed by atoms with Crippen molar-refractivity contribution in [3.63, 3.8) is 0 Å². The Morgan fingerprint density at radius 1 is 1.00 bits per heavy atom. The Bertz CT molecular complexity index is 412. The topological polar surface area (TPSA) is 38.8 Å². The van der Waals surface area contributed by atoms with Crippen LogP contribution in [0.5, 0.6) is 0 Å². The molecular weight excluding hydrogens is 374 g/mol. The van der Waals surface area contributed by atoms with Gasteiger partial charge in [-0.2, -0.15) is 0 Å². The van der Waals surface area contributed by atoms with E-state index >= 15 is 0 Å². The van der Waals surface area contributed by atoms with Crippen molar-refractivity contribution >= 4 is 30.8 Å². The SMILES string of the molecule is CC[Si](CC)(CC)OC(=O)C(C)CN(CCC[Si](C)(C)OC)[Si](C)(C)C. The summed E-state index contributed by atoms with van der Waals surface area (Å²) < 4.78 is 14.4. The molecule has 4 nitrogen and oxygen atoms in total. The highest BCUT2D eigenvalue weighted by Crippen LogP contribution is 2.24. The summed E-state index contributed by atoms with van der Waals surface area (Å²) in [5.41, 5.74) is 0. The fraction of sp³-hybridized carbons (Fsp3) is 0.947. The zero-order valence-corrected chi connectivity index (χ0v) is 22.2. The van der Waals surface area contributed by atoms with E-state index in [9.17, 15) is 4.79 Å². The van der Waals surface area contributed by atoms with Crippen molar-refractivity contribution in [2.45, 2.75) is 91.0 Å². The molecule has 0 aromatic heterocycles. The van der Waals surface area contributed by atoms with Crippen molar-refractivity contribution < 1.29 is 13.6 Å². The van der Waals surface area contributed by atoms with Gasteiger partial charge in [-0.15, -0.1) is 0 Å². The maximum Gasteiger partial charge on any atom is 0.296 e. The molecule has 0 fully saturated rings. The molecule has 7 heteroatoms. The highest BCUT2D eigenvalue weighted by Gasteiger charge is 2.35. The summed E-state index contributed by atoms with van der Waals surface area (Å²) in [4.78, 5) is 12.8. The Labute approximate surface area is 166 Å². The maximum absolute atomic E-state index is 12.8. The van der Waals surface area contributed by atoms with Crippen LogP contribution in [0.15, 0.2) is 0 Å². The molecule has 1 atom stereocenters. The van der Waals surface area contributed by atoms with Gasteiger partial charge >= 0.3 is 0 Å². The lowest BCUT2D eigenvalue weighted by molar-refractivity contribution is -0.139. The normalized spacial score (nSPS) is 14.6. The Kier molecular flexibility index (Phi) is 11.2. The molecule has 0 aromatic rings. The first-order chi connectivity index (χ1) is 11.9. The third kappa shape index (κ3) is 8.82. The summed E-state index contributed by atoms with van der Waals surface area (Å²) in [6.45, 7) is 22.1. The van der Waals surface area contributed by atoms with Crippen LogP contribution >= 0.6 is 0 Å². The molecule has 0 heterocycles. The average molecular weight is 420 g/mol. The van der Waals surface area contributed by atoms with Crippen molar-refractivity contribution in [3.05, 3.63) is 0 Å². The largest absolute Gasteiger partial charge is 0.519 e. The molecule has 0 aliphatic rings. The molecule has 0 spiro atoms. The second-order valence-electron chi connectivity index (χ2n) is 9.25.